The summed E-state index contributed by atoms with van der Waals surface area (Å²) >= 11 is 0. The molecule has 2 amide bonds. The van der Waals surface area contributed by atoms with Crippen molar-refractivity contribution in [3.05, 3.63) is 54.2 Å². The Bertz CT molecular complexity index is 720. The van der Waals surface area contributed by atoms with Gasteiger partial charge in [-0.25, -0.2) is 9.78 Å². The van der Waals surface area contributed by atoms with E-state index in [2.05, 4.69) is 15.0 Å². The molecule has 0 spiro atoms. The molecular formula is C17H17F2N3O3. The molecule has 0 atom stereocenters. The number of hydrogen-bond acceptors (Lipinski definition) is 4. The summed E-state index contributed by atoms with van der Waals surface area (Å²) in [6.07, 6.45) is 1.26. The number of halogens is 2. The SMILES string of the molecule is COC1(c2ccccc2)CN(C(=O)Nc2ccc(OC(F)F)nc2)C1. The predicted molar refractivity (Wildman–Crippen MR) is 86.6 cm³/mol. The number of carbonyl (C=O) groups excluding carboxylic acids is 1. The molecule has 0 saturated carbocycles. The van der Waals surface area contributed by atoms with Gasteiger partial charge in [0.05, 0.1) is 25.0 Å². The van der Waals surface area contributed by atoms with Crippen LogP contribution in [0.15, 0.2) is 48.7 Å². The zero-order valence-electron chi connectivity index (χ0n) is 13.5. The van der Waals surface area contributed by atoms with Gasteiger partial charge in [-0.2, -0.15) is 8.78 Å². The van der Waals surface area contributed by atoms with Crippen LogP contribution in [0.2, 0.25) is 0 Å². The maximum absolute atomic E-state index is 12.3. The molecule has 132 valence electrons. The number of benzene rings is 1. The standard InChI is InChI=1S/C17H17F2N3O3/c1-24-17(12-5-3-2-4-6-12)10-22(11-17)16(23)21-13-7-8-14(20-9-13)25-15(18)19/h2-9,15H,10-11H2,1H3,(H,21,23). The monoisotopic (exact) mass is 349 g/mol. The lowest BCUT2D eigenvalue weighted by atomic mass is 9.86. The minimum absolute atomic E-state index is 0.209. The van der Waals surface area contributed by atoms with Crippen LogP contribution in [0.25, 0.3) is 0 Å². The van der Waals surface area contributed by atoms with E-state index in [1.165, 1.54) is 18.3 Å². The first-order valence-corrected chi connectivity index (χ1v) is 7.60. The topological polar surface area (TPSA) is 63.7 Å². The van der Waals surface area contributed by atoms with Crippen molar-refractivity contribution in [2.24, 2.45) is 0 Å². The molecule has 1 aliphatic heterocycles. The predicted octanol–water partition coefficient (Wildman–Crippen LogP) is 3.07. The number of amides is 2. The molecule has 1 saturated heterocycles. The lowest BCUT2D eigenvalue weighted by Gasteiger charge is -2.49. The number of aromatic nitrogens is 1. The highest BCUT2D eigenvalue weighted by atomic mass is 19.3. The highest BCUT2D eigenvalue weighted by molar-refractivity contribution is 5.90. The summed E-state index contributed by atoms with van der Waals surface area (Å²) in [6.45, 7) is -2.10. The molecule has 0 radical (unpaired) electrons. The van der Waals surface area contributed by atoms with E-state index in [0.717, 1.165) is 5.56 Å². The van der Waals surface area contributed by atoms with E-state index >= 15 is 0 Å². The van der Waals surface area contributed by atoms with Gasteiger partial charge in [0.1, 0.15) is 5.60 Å². The largest absolute Gasteiger partial charge is 0.417 e. The highest BCUT2D eigenvalue weighted by Gasteiger charge is 2.47. The van der Waals surface area contributed by atoms with Crippen molar-refractivity contribution in [2.75, 3.05) is 25.5 Å². The van der Waals surface area contributed by atoms with Gasteiger partial charge in [-0.1, -0.05) is 30.3 Å². The normalized spacial score (nSPS) is 15.6. The van der Waals surface area contributed by atoms with E-state index in [0.29, 0.717) is 18.8 Å². The van der Waals surface area contributed by atoms with Gasteiger partial charge in [0.15, 0.2) is 0 Å². The van der Waals surface area contributed by atoms with Crippen LogP contribution in [0.3, 0.4) is 0 Å². The van der Waals surface area contributed by atoms with Crippen LogP contribution in [0.4, 0.5) is 19.3 Å². The van der Waals surface area contributed by atoms with Gasteiger partial charge in [-0.05, 0) is 11.6 Å². The Labute approximate surface area is 143 Å². The van der Waals surface area contributed by atoms with Crippen LogP contribution < -0.4 is 10.1 Å². The molecule has 0 unspecified atom stereocenters. The van der Waals surface area contributed by atoms with E-state index in [-0.39, 0.29) is 11.9 Å². The van der Waals surface area contributed by atoms with E-state index in [9.17, 15) is 13.6 Å². The number of urea groups is 1. The van der Waals surface area contributed by atoms with Crippen LogP contribution >= 0.6 is 0 Å². The Kier molecular flexibility index (Phi) is 4.80. The molecule has 2 aromatic rings. The number of anilines is 1. The highest BCUT2D eigenvalue weighted by Crippen LogP contribution is 2.35. The Morgan fingerprint density at radius 3 is 2.52 bits per heavy atom. The molecule has 2 heterocycles. The molecule has 1 aromatic carbocycles. The Balaban J connectivity index is 1.58. The van der Waals surface area contributed by atoms with E-state index in [4.69, 9.17) is 4.74 Å². The van der Waals surface area contributed by atoms with Gasteiger partial charge in [0.2, 0.25) is 5.88 Å². The smallest absolute Gasteiger partial charge is 0.388 e. The van der Waals surface area contributed by atoms with Crippen LogP contribution in [-0.2, 0) is 10.3 Å². The van der Waals surface area contributed by atoms with Crippen molar-refractivity contribution >= 4 is 11.7 Å². The molecule has 3 rings (SSSR count). The number of hydrogen-bond donors (Lipinski definition) is 1. The Morgan fingerprint density at radius 2 is 1.96 bits per heavy atom. The first-order chi connectivity index (χ1) is 12.0. The van der Waals surface area contributed by atoms with Crippen LogP contribution in [0.5, 0.6) is 5.88 Å². The lowest BCUT2D eigenvalue weighted by Crippen LogP contribution is -2.63. The fourth-order valence-corrected chi connectivity index (χ4v) is 2.70. The number of nitrogens with one attached hydrogen (secondary N) is 1. The maximum Gasteiger partial charge on any atom is 0.388 e. The summed E-state index contributed by atoms with van der Waals surface area (Å²) in [7, 11) is 1.62. The van der Waals surface area contributed by atoms with Crippen LogP contribution in [0.1, 0.15) is 5.56 Å². The van der Waals surface area contributed by atoms with Gasteiger partial charge in [-0.3, -0.25) is 0 Å². The molecule has 6 nitrogen and oxygen atoms in total. The first kappa shape index (κ1) is 17.1. The molecule has 0 bridgehead atoms. The van der Waals surface area contributed by atoms with Crippen LogP contribution in [0, 0.1) is 0 Å². The fourth-order valence-electron chi connectivity index (χ4n) is 2.70. The maximum atomic E-state index is 12.3. The minimum atomic E-state index is -2.94. The minimum Gasteiger partial charge on any atom is -0.417 e. The second-order valence-electron chi connectivity index (χ2n) is 5.61. The second-order valence-corrected chi connectivity index (χ2v) is 5.61. The first-order valence-electron chi connectivity index (χ1n) is 7.60. The number of nitrogens with zero attached hydrogens (tertiary/aromatic N) is 2. The van der Waals surface area contributed by atoms with E-state index < -0.39 is 12.2 Å². The summed E-state index contributed by atoms with van der Waals surface area (Å²) in [6, 6.07) is 12.1. The van der Waals surface area contributed by atoms with Crippen molar-refractivity contribution in [1.82, 2.24) is 9.88 Å². The third-order valence-electron chi connectivity index (χ3n) is 4.07. The molecule has 0 aliphatic carbocycles. The molecule has 1 aliphatic rings. The van der Waals surface area contributed by atoms with Gasteiger partial charge in [0, 0.05) is 13.2 Å². The van der Waals surface area contributed by atoms with Crippen molar-refractivity contribution in [3.8, 4) is 5.88 Å². The summed E-state index contributed by atoms with van der Waals surface area (Å²) in [5.41, 5.74) is 0.893. The van der Waals surface area contributed by atoms with E-state index in [1.54, 1.807) is 12.0 Å². The average Bonchev–Trinajstić information content (AvgIpc) is 2.57. The Morgan fingerprint density at radius 1 is 1.24 bits per heavy atom. The number of pyridine rings is 1. The second kappa shape index (κ2) is 7.02. The summed E-state index contributed by atoms with van der Waals surface area (Å²) in [4.78, 5) is 17.6. The third-order valence-corrected chi connectivity index (χ3v) is 4.07. The van der Waals surface area contributed by atoms with Gasteiger partial charge in [-0.15, -0.1) is 0 Å². The molecule has 1 fully saturated rings. The average molecular weight is 349 g/mol. The fraction of sp³-hybridized carbons (Fsp3) is 0.294. The number of methoxy groups -OCH3 is 1. The quantitative estimate of drug-likeness (QED) is 0.901. The van der Waals surface area contributed by atoms with Crippen LogP contribution in [-0.4, -0.2) is 42.7 Å². The number of ether oxygens (including phenoxy) is 2. The summed E-state index contributed by atoms with van der Waals surface area (Å²) in [5.74, 6) is -0.209. The Hall–Kier alpha value is -2.74. The van der Waals surface area contributed by atoms with Crippen molar-refractivity contribution in [2.45, 2.75) is 12.2 Å². The number of carbonyl (C=O) groups is 1. The number of likely N-dealkylation sites (tertiary alicyclic amines) is 1. The number of rotatable bonds is 5. The summed E-state index contributed by atoms with van der Waals surface area (Å²) in [5, 5.41) is 2.66. The molecular weight excluding hydrogens is 332 g/mol. The van der Waals surface area contributed by atoms with Crippen molar-refractivity contribution in [1.29, 1.82) is 0 Å². The van der Waals surface area contributed by atoms with Gasteiger partial charge in [0.25, 0.3) is 0 Å². The summed E-state index contributed by atoms with van der Waals surface area (Å²) < 4.78 is 34.0. The van der Waals surface area contributed by atoms with Crippen molar-refractivity contribution < 1.29 is 23.0 Å². The molecule has 8 heteroatoms. The van der Waals surface area contributed by atoms with E-state index in [1.807, 2.05) is 30.3 Å². The zero-order chi connectivity index (χ0) is 17.9. The number of alkyl halides is 2. The lowest BCUT2D eigenvalue weighted by molar-refractivity contribution is -0.109. The van der Waals surface area contributed by atoms with Gasteiger partial charge >= 0.3 is 12.6 Å². The molecule has 25 heavy (non-hydrogen) atoms. The molecule has 1 aromatic heterocycles. The van der Waals surface area contributed by atoms with Crippen molar-refractivity contribution in [3.63, 3.8) is 0 Å². The molecule has 1 N–H and O–H groups in total. The third kappa shape index (κ3) is 3.69. The zero-order valence-corrected chi connectivity index (χ0v) is 13.5. The van der Waals surface area contributed by atoms with Gasteiger partial charge < -0.3 is 19.7 Å².